The molecule has 2 bridgehead atoms. The highest BCUT2D eigenvalue weighted by molar-refractivity contribution is 5.74. The van der Waals surface area contributed by atoms with Crippen molar-refractivity contribution in [1.29, 1.82) is 0 Å². The first-order chi connectivity index (χ1) is 10.1. The Morgan fingerprint density at radius 2 is 2.33 bits per heavy atom. The average molecular weight is 293 g/mol. The average Bonchev–Trinajstić information content (AvgIpc) is 2.72. The van der Waals surface area contributed by atoms with Gasteiger partial charge in [0.05, 0.1) is 0 Å². The Morgan fingerprint density at radius 3 is 2.95 bits per heavy atom. The largest absolute Gasteiger partial charge is 0.480 e. The first-order valence-corrected chi connectivity index (χ1v) is 7.34. The minimum atomic E-state index is -0.784. The van der Waals surface area contributed by atoms with Gasteiger partial charge in [0.2, 0.25) is 0 Å². The number of halogens is 1. The van der Waals surface area contributed by atoms with Crippen molar-refractivity contribution >= 4 is 5.97 Å². The lowest BCUT2D eigenvalue weighted by atomic mass is 9.88. The molecule has 0 aliphatic carbocycles. The van der Waals surface area contributed by atoms with Crippen molar-refractivity contribution in [1.82, 2.24) is 10.4 Å². The van der Waals surface area contributed by atoms with Crippen LogP contribution in [0.1, 0.15) is 30.0 Å². The summed E-state index contributed by atoms with van der Waals surface area (Å²) in [5, 5.41) is 11.0. The molecular formula is C15H20FN3O2. The number of carboxylic acid groups (broad SMARTS) is 1. The number of rotatable bonds is 4. The van der Waals surface area contributed by atoms with Crippen LogP contribution in [0.4, 0.5) is 4.39 Å². The molecule has 2 saturated heterocycles. The van der Waals surface area contributed by atoms with E-state index in [4.69, 9.17) is 5.73 Å². The zero-order valence-electron chi connectivity index (χ0n) is 11.8. The predicted molar refractivity (Wildman–Crippen MR) is 75.9 cm³/mol. The van der Waals surface area contributed by atoms with Gasteiger partial charge in [0, 0.05) is 12.6 Å². The fourth-order valence-electron chi connectivity index (χ4n) is 3.49. The maximum atomic E-state index is 14.0. The molecule has 0 spiro atoms. The summed E-state index contributed by atoms with van der Waals surface area (Å²) in [6, 6.07) is 4.76. The third kappa shape index (κ3) is 2.66. The lowest BCUT2D eigenvalue weighted by Gasteiger charge is -2.36. The molecule has 0 saturated carbocycles. The first kappa shape index (κ1) is 14.4. The molecule has 0 amide bonds. The number of fused-ring (bicyclic) bond motifs is 2. The number of carbonyl (C=O) groups is 1. The molecule has 2 fully saturated rings. The van der Waals surface area contributed by atoms with E-state index in [2.05, 4.69) is 5.43 Å². The second kappa shape index (κ2) is 5.71. The number of hydrazine groups is 1. The highest BCUT2D eigenvalue weighted by atomic mass is 19.1. The van der Waals surface area contributed by atoms with Crippen LogP contribution in [0.15, 0.2) is 18.2 Å². The lowest BCUT2D eigenvalue weighted by Crippen LogP contribution is -2.53. The van der Waals surface area contributed by atoms with Crippen molar-refractivity contribution < 1.29 is 14.3 Å². The lowest BCUT2D eigenvalue weighted by molar-refractivity contribution is -0.147. The van der Waals surface area contributed by atoms with Gasteiger partial charge in [0.25, 0.3) is 0 Å². The van der Waals surface area contributed by atoms with E-state index in [1.807, 2.05) is 6.07 Å². The highest BCUT2D eigenvalue weighted by Crippen LogP contribution is 2.37. The zero-order valence-corrected chi connectivity index (χ0v) is 11.8. The van der Waals surface area contributed by atoms with E-state index in [9.17, 15) is 14.3 Å². The number of hydrogen-bond donors (Lipinski definition) is 3. The van der Waals surface area contributed by atoms with Gasteiger partial charge in [-0.15, -0.1) is 0 Å². The normalized spacial score (nSPS) is 31.3. The molecule has 4 unspecified atom stereocenters. The Labute approximate surface area is 122 Å². The molecule has 114 valence electrons. The third-order valence-corrected chi connectivity index (χ3v) is 4.53. The summed E-state index contributed by atoms with van der Waals surface area (Å²) in [4.78, 5) is 11.3. The van der Waals surface area contributed by atoms with Crippen LogP contribution < -0.4 is 11.2 Å². The maximum absolute atomic E-state index is 14.0. The van der Waals surface area contributed by atoms with Gasteiger partial charge < -0.3 is 10.8 Å². The molecule has 2 aliphatic rings. The second-order valence-corrected chi connectivity index (χ2v) is 5.83. The number of nitrogens with two attached hydrogens (primary N) is 1. The Balaban J connectivity index is 1.78. The summed E-state index contributed by atoms with van der Waals surface area (Å²) in [5.41, 5.74) is 10.2. The number of benzene rings is 1. The monoisotopic (exact) mass is 293 g/mol. The van der Waals surface area contributed by atoms with E-state index in [0.717, 1.165) is 24.9 Å². The summed E-state index contributed by atoms with van der Waals surface area (Å²) < 4.78 is 14.0. The minimum absolute atomic E-state index is 0.0190. The second-order valence-electron chi connectivity index (χ2n) is 5.83. The van der Waals surface area contributed by atoms with Crippen molar-refractivity contribution in [3.05, 3.63) is 35.1 Å². The molecule has 4 atom stereocenters. The van der Waals surface area contributed by atoms with Crippen LogP contribution >= 0.6 is 0 Å². The van der Waals surface area contributed by atoms with Gasteiger partial charge in [0.1, 0.15) is 11.9 Å². The third-order valence-electron chi connectivity index (χ3n) is 4.53. The predicted octanol–water partition coefficient (Wildman–Crippen LogP) is 1.05. The van der Waals surface area contributed by atoms with E-state index in [0.29, 0.717) is 18.5 Å². The van der Waals surface area contributed by atoms with Crippen LogP contribution in [0.3, 0.4) is 0 Å². The van der Waals surface area contributed by atoms with Gasteiger partial charge in [-0.3, -0.25) is 4.79 Å². The summed E-state index contributed by atoms with van der Waals surface area (Å²) in [5.74, 6) is -0.893. The molecule has 2 heterocycles. The molecule has 1 aromatic carbocycles. The molecular weight excluding hydrogens is 273 g/mol. The topological polar surface area (TPSA) is 78.6 Å². The molecule has 4 N–H and O–H groups in total. The molecule has 5 nitrogen and oxygen atoms in total. The summed E-state index contributed by atoms with van der Waals surface area (Å²) in [7, 11) is 0. The highest BCUT2D eigenvalue weighted by Gasteiger charge is 2.45. The first-order valence-electron chi connectivity index (χ1n) is 7.34. The minimum Gasteiger partial charge on any atom is -0.480 e. The van der Waals surface area contributed by atoms with Crippen LogP contribution in [-0.2, 0) is 11.2 Å². The van der Waals surface area contributed by atoms with Crippen molar-refractivity contribution in [2.24, 2.45) is 11.7 Å². The van der Waals surface area contributed by atoms with Crippen molar-refractivity contribution in [2.45, 2.75) is 31.3 Å². The summed E-state index contributed by atoms with van der Waals surface area (Å²) in [6.45, 7) is 1.15. The fourth-order valence-corrected chi connectivity index (χ4v) is 3.49. The van der Waals surface area contributed by atoms with Gasteiger partial charge in [-0.2, -0.15) is 0 Å². The van der Waals surface area contributed by atoms with E-state index < -0.39 is 12.0 Å². The SMILES string of the molecule is NCCc1ccc(C2CC3CCN(N2)C3C(=O)O)cc1F. The van der Waals surface area contributed by atoms with E-state index in [1.54, 1.807) is 17.1 Å². The molecule has 21 heavy (non-hydrogen) atoms. The number of nitrogens with zero attached hydrogens (tertiary/aromatic N) is 1. The number of carboxylic acids is 1. The molecule has 3 rings (SSSR count). The molecule has 0 aromatic heterocycles. The van der Waals surface area contributed by atoms with Gasteiger partial charge in [-0.25, -0.2) is 14.8 Å². The van der Waals surface area contributed by atoms with Gasteiger partial charge in [0.15, 0.2) is 0 Å². The smallest absolute Gasteiger partial charge is 0.322 e. The van der Waals surface area contributed by atoms with Gasteiger partial charge >= 0.3 is 5.97 Å². The zero-order chi connectivity index (χ0) is 15.0. The van der Waals surface area contributed by atoms with E-state index in [1.165, 1.54) is 0 Å². The number of aliphatic carboxylic acids is 1. The molecule has 6 heteroatoms. The molecule has 0 radical (unpaired) electrons. The van der Waals surface area contributed by atoms with E-state index >= 15 is 0 Å². The van der Waals surface area contributed by atoms with Crippen LogP contribution in [0.25, 0.3) is 0 Å². The van der Waals surface area contributed by atoms with Crippen LogP contribution in [0.5, 0.6) is 0 Å². The van der Waals surface area contributed by atoms with Crippen LogP contribution in [0, 0.1) is 11.7 Å². The summed E-state index contributed by atoms with van der Waals surface area (Å²) >= 11 is 0. The van der Waals surface area contributed by atoms with Crippen molar-refractivity contribution in [3.63, 3.8) is 0 Å². The van der Waals surface area contributed by atoms with Crippen molar-refractivity contribution in [3.8, 4) is 0 Å². The van der Waals surface area contributed by atoms with Gasteiger partial charge in [-0.05, 0) is 48.9 Å². The summed E-state index contributed by atoms with van der Waals surface area (Å²) in [6.07, 6.45) is 2.12. The number of nitrogens with one attached hydrogen (secondary N) is 1. The quantitative estimate of drug-likeness (QED) is 0.773. The standard InChI is InChI=1S/C15H20FN3O2/c16-12-7-10(2-1-9(12)3-5-17)13-8-11-4-6-19(18-13)14(11)15(20)21/h1-2,7,11,13-14,18H,3-6,8,17H2,(H,20,21). The Bertz CT molecular complexity index is 538. The number of hydrogen-bond acceptors (Lipinski definition) is 4. The Morgan fingerprint density at radius 1 is 1.52 bits per heavy atom. The van der Waals surface area contributed by atoms with Gasteiger partial charge in [-0.1, -0.05) is 12.1 Å². The molecule has 2 aliphatic heterocycles. The molecule has 1 aromatic rings. The Kier molecular flexibility index (Phi) is 3.93. The van der Waals surface area contributed by atoms with Crippen molar-refractivity contribution in [2.75, 3.05) is 13.1 Å². The fraction of sp³-hybridized carbons (Fsp3) is 0.533. The van der Waals surface area contributed by atoms with E-state index in [-0.39, 0.29) is 17.8 Å². The van der Waals surface area contributed by atoms with Crippen LogP contribution in [-0.4, -0.2) is 35.2 Å². The Hall–Kier alpha value is -1.50. The van der Waals surface area contributed by atoms with Crippen LogP contribution in [0.2, 0.25) is 0 Å². The maximum Gasteiger partial charge on any atom is 0.322 e.